The second-order valence-corrected chi connectivity index (χ2v) is 25.1. The highest BCUT2D eigenvalue weighted by Crippen LogP contribution is 2.53. The zero-order chi connectivity index (χ0) is 30.5. The van der Waals surface area contributed by atoms with Crippen molar-refractivity contribution in [1.29, 1.82) is 0 Å². The van der Waals surface area contributed by atoms with Crippen LogP contribution in [0.1, 0.15) is 100 Å². The number of allylic oxidation sites excluding steroid dienone is 2. The smallest absolute Gasteiger partial charge is 0.303 e. The van der Waals surface area contributed by atoms with Gasteiger partial charge in [-0.1, -0.05) is 72.3 Å². The molecule has 0 bridgehead atoms. The monoisotopic (exact) mass is 588 g/mol. The molecule has 6 heteroatoms. The minimum absolute atomic E-state index is 0.0433. The summed E-state index contributed by atoms with van der Waals surface area (Å²) >= 11 is 0. The summed E-state index contributed by atoms with van der Waals surface area (Å²) in [7, 11) is -3.88. The van der Waals surface area contributed by atoms with E-state index in [2.05, 4.69) is 105 Å². The molecule has 228 valence electrons. The average molecular weight is 589 g/mol. The molecular formula is C34H60O4Si2. The highest BCUT2D eigenvalue weighted by molar-refractivity contribution is 6.74. The van der Waals surface area contributed by atoms with Crippen LogP contribution in [0, 0.1) is 35.5 Å². The molecule has 6 atom stereocenters. The lowest BCUT2D eigenvalue weighted by Crippen LogP contribution is -2.45. The normalized spacial score (nSPS) is 26.6. The van der Waals surface area contributed by atoms with Crippen LogP contribution in [0.15, 0.2) is 23.8 Å². The van der Waals surface area contributed by atoms with Gasteiger partial charge in [-0.05, 0) is 93.0 Å². The molecule has 2 aliphatic carbocycles. The van der Waals surface area contributed by atoms with Crippen molar-refractivity contribution in [2.75, 3.05) is 0 Å². The number of hydrogen-bond acceptors (Lipinski definition) is 3. The molecule has 0 amide bonds. The molecule has 0 aromatic heterocycles. The topological polar surface area (TPSA) is 55.8 Å². The van der Waals surface area contributed by atoms with E-state index in [0.717, 1.165) is 38.5 Å². The Balaban J connectivity index is 2.36. The first-order chi connectivity index (χ1) is 18.3. The molecule has 1 N–H and O–H groups in total. The lowest BCUT2D eigenvalue weighted by atomic mass is 9.89. The Kier molecular flexibility index (Phi) is 12.2. The van der Waals surface area contributed by atoms with Crippen molar-refractivity contribution < 1.29 is 18.8 Å². The lowest BCUT2D eigenvalue weighted by molar-refractivity contribution is -0.137. The minimum atomic E-state index is -1.97. The second-order valence-electron chi connectivity index (χ2n) is 15.5. The number of aliphatic carboxylic acids is 1. The van der Waals surface area contributed by atoms with E-state index >= 15 is 0 Å². The van der Waals surface area contributed by atoms with Gasteiger partial charge in [0.15, 0.2) is 16.6 Å². The van der Waals surface area contributed by atoms with Crippen molar-refractivity contribution in [3.05, 3.63) is 23.8 Å². The summed E-state index contributed by atoms with van der Waals surface area (Å²) < 4.78 is 14.2. The van der Waals surface area contributed by atoms with Crippen molar-refractivity contribution in [3.8, 4) is 11.8 Å². The fourth-order valence-electron chi connectivity index (χ4n) is 5.63. The van der Waals surface area contributed by atoms with Crippen LogP contribution in [0.3, 0.4) is 0 Å². The minimum Gasteiger partial charge on any atom is -0.481 e. The van der Waals surface area contributed by atoms with Gasteiger partial charge in [-0.2, -0.15) is 0 Å². The van der Waals surface area contributed by atoms with Crippen LogP contribution < -0.4 is 0 Å². The second kappa shape index (κ2) is 13.9. The summed E-state index contributed by atoms with van der Waals surface area (Å²) in [5.41, 5.74) is 1.52. The number of carboxylic acids is 1. The summed E-state index contributed by atoms with van der Waals surface area (Å²) in [5, 5.41) is 9.32. The molecule has 0 radical (unpaired) electrons. The predicted octanol–water partition coefficient (Wildman–Crippen LogP) is 9.60. The molecule has 2 unspecified atom stereocenters. The average Bonchev–Trinajstić information content (AvgIpc) is 3.33. The van der Waals surface area contributed by atoms with E-state index in [4.69, 9.17) is 14.0 Å². The van der Waals surface area contributed by atoms with E-state index in [1.807, 2.05) is 6.92 Å². The fourth-order valence-corrected chi connectivity index (χ4v) is 8.34. The Morgan fingerprint density at radius 3 is 2.25 bits per heavy atom. The van der Waals surface area contributed by atoms with Gasteiger partial charge in [0.05, 0.1) is 12.2 Å². The van der Waals surface area contributed by atoms with Gasteiger partial charge in [-0.25, -0.2) is 0 Å². The fraction of sp³-hybridized carbons (Fsp3) is 0.794. The standard InChI is InChI=1S/C34H60O4Si2/c1-13-14-17-25(2)30(37-39(9,10)33(3,4)5)21-20-28-29-23-26(18-15-16-19-32(35)36)22-27(29)24-31(28)38-40(11,12)34(6,7)8/h18,20-21,25,27-31H,15-17,19,22-24H2,1-12H3,(H,35,36)/b21-20+,26-18?/t25?,27-,28+,29-,30?,31+/m0/s1. The predicted molar refractivity (Wildman–Crippen MR) is 174 cm³/mol. The highest BCUT2D eigenvalue weighted by atomic mass is 28.4. The maximum absolute atomic E-state index is 10.9. The molecule has 40 heavy (non-hydrogen) atoms. The van der Waals surface area contributed by atoms with Gasteiger partial charge in [-0.3, -0.25) is 4.79 Å². The summed E-state index contributed by atoms with van der Waals surface area (Å²) in [6.07, 6.45) is 13.5. The maximum atomic E-state index is 10.9. The first kappa shape index (κ1) is 35.1. The Morgan fingerprint density at radius 1 is 1.07 bits per heavy atom. The van der Waals surface area contributed by atoms with E-state index < -0.39 is 22.6 Å². The lowest BCUT2D eigenvalue weighted by Gasteiger charge is -2.41. The van der Waals surface area contributed by atoms with Crippen molar-refractivity contribution >= 4 is 22.6 Å². The number of carbonyl (C=O) groups is 1. The van der Waals surface area contributed by atoms with Gasteiger partial charge < -0.3 is 14.0 Å². The van der Waals surface area contributed by atoms with E-state index in [1.54, 1.807) is 0 Å². The summed E-state index contributed by atoms with van der Waals surface area (Å²) in [6.45, 7) is 27.6. The summed E-state index contributed by atoms with van der Waals surface area (Å²) in [4.78, 5) is 10.9. The first-order valence-corrected chi connectivity index (χ1v) is 21.4. The molecule has 0 aliphatic heterocycles. The van der Waals surface area contributed by atoms with Crippen LogP contribution in [-0.4, -0.2) is 39.9 Å². The van der Waals surface area contributed by atoms with Crippen molar-refractivity contribution in [2.45, 2.75) is 149 Å². The quantitative estimate of drug-likeness (QED) is 0.107. The SMILES string of the molecule is CC#CCC(C)C(/C=C/[C@@H]1[C@H]2CC(=CCCCC(=O)O)C[C@H]2C[C@H]1O[Si](C)(C)C(C)(C)C)O[Si](C)(C)C(C)(C)C. The van der Waals surface area contributed by atoms with Crippen LogP contribution in [0.2, 0.25) is 36.3 Å². The molecule has 2 saturated carbocycles. The van der Waals surface area contributed by atoms with Crippen molar-refractivity contribution in [3.63, 3.8) is 0 Å². The third-order valence-corrected chi connectivity index (χ3v) is 19.3. The van der Waals surface area contributed by atoms with E-state index in [9.17, 15) is 4.79 Å². The third kappa shape index (κ3) is 9.44. The molecule has 0 spiro atoms. The van der Waals surface area contributed by atoms with E-state index in [-0.39, 0.29) is 28.7 Å². The number of fused-ring (bicyclic) bond motifs is 1. The molecule has 2 rings (SSSR count). The summed E-state index contributed by atoms with van der Waals surface area (Å²) in [6, 6.07) is 0. The largest absolute Gasteiger partial charge is 0.481 e. The molecule has 2 fully saturated rings. The van der Waals surface area contributed by atoms with Crippen LogP contribution in [0.25, 0.3) is 0 Å². The zero-order valence-electron chi connectivity index (χ0n) is 27.8. The molecule has 0 aromatic carbocycles. The van der Waals surface area contributed by atoms with Gasteiger partial charge in [-0.15, -0.1) is 11.8 Å². The van der Waals surface area contributed by atoms with Crippen LogP contribution in [0.4, 0.5) is 0 Å². The number of carboxylic acid groups (broad SMARTS) is 1. The first-order valence-electron chi connectivity index (χ1n) is 15.6. The van der Waals surface area contributed by atoms with Crippen molar-refractivity contribution in [2.24, 2.45) is 23.7 Å². The Hall–Kier alpha value is -1.14. The third-order valence-electron chi connectivity index (χ3n) is 10.3. The van der Waals surface area contributed by atoms with Crippen molar-refractivity contribution in [1.82, 2.24) is 0 Å². The van der Waals surface area contributed by atoms with Gasteiger partial charge in [0, 0.05) is 18.8 Å². The van der Waals surface area contributed by atoms with Crippen LogP contribution in [-0.2, 0) is 13.6 Å². The van der Waals surface area contributed by atoms with Crippen LogP contribution in [0.5, 0.6) is 0 Å². The molecule has 0 aromatic rings. The van der Waals surface area contributed by atoms with Gasteiger partial charge in [0.25, 0.3) is 0 Å². The molecule has 4 nitrogen and oxygen atoms in total. The number of hydrogen-bond donors (Lipinski definition) is 1. The Bertz CT molecular complexity index is 971. The Morgan fingerprint density at radius 2 is 1.70 bits per heavy atom. The maximum Gasteiger partial charge on any atom is 0.303 e. The van der Waals surface area contributed by atoms with E-state index in [1.165, 1.54) is 5.57 Å². The van der Waals surface area contributed by atoms with E-state index in [0.29, 0.717) is 23.7 Å². The molecule has 0 saturated heterocycles. The number of rotatable bonds is 12. The van der Waals surface area contributed by atoms with Gasteiger partial charge in [0.1, 0.15) is 0 Å². The Labute approximate surface area is 249 Å². The summed E-state index contributed by atoms with van der Waals surface area (Å²) in [5.74, 6) is 7.59. The molecule has 2 aliphatic rings. The molecular weight excluding hydrogens is 529 g/mol. The number of unbranched alkanes of at least 4 members (excludes halogenated alkanes) is 1. The highest BCUT2D eigenvalue weighted by Gasteiger charge is 2.50. The van der Waals surface area contributed by atoms with Crippen LogP contribution >= 0.6 is 0 Å². The zero-order valence-corrected chi connectivity index (χ0v) is 29.8. The van der Waals surface area contributed by atoms with Gasteiger partial charge in [0.2, 0.25) is 0 Å². The molecule has 0 heterocycles. The van der Waals surface area contributed by atoms with Gasteiger partial charge >= 0.3 is 5.97 Å².